The van der Waals surface area contributed by atoms with Gasteiger partial charge >= 0.3 is 5.97 Å². The van der Waals surface area contributed by atoms with Gasteiger partial charge in [0.25, 0.3) is 0 Å². The highest BCUT2D eigenvalue weighted by Gasteiger charge is 2.35. The average Bonchev–Trinajstić information content (AvgIpc) is 2.83. The van der Waals surface area contributed by atoms with E-state index >= 15 is 0 Å². The van der Waals surface area contributed by atoms with E-state index in [1.807, 2.05) is 30.3 Å². The molecule has 0 saturated carbocycles. The Hall–Kier alpha value is -2.37. The molecule has 1 saturated heterocycles. The second-order valence-electron chi connectivity index (χ2n) is 5.56. The van der Waals surface area contributed by atoms with Crippen LogP contribution >= 0.6 is 0 Å². The van der Waals surface area contributed by atoms with Crippen molar-refractivity contribution in [2.24, 2.45) is 5.92 Å². The van der Waals surface area contributed by atoms with Crippen LogP contribution in [0.15, 0.2) is 30.3 Å². The van der Waals surface area contributed by atoms with E-state index in [9.17, 15) is 14.4 Å². The molecular weight excluding hydrogens is 284 g/mol. The van der Waals surface area contributed by atoms with Crippen molar-refractivity contribution in [3.63, 3.8) is 0 Å². The van der Waals surface area contributed by atoms with E-state index in [1.165, 1.54) is 9.80 Å². The van der Waals surface area contributed by atoms with E-state index < -0.39 is 11.9 Å². The Kier molecular flexibility index (Phi) is 5.14. The zero-order valence-electron chi connectivity index (χ0n) is 12.6. The summed E-state index contributed by atoms with van der Waals surface area (Å²) in [5.74, 6) is -1.81. The molecular formula is C16H20N2O4. The molecule has 0 aliphatic carbocycles. The second-order valence-corrected chi connectivity index (χ2v) is 5.56. The lowest BCUT2D eigenvalue weighted by atomic mass is 10.1. The molecule has 1 aromatic carbocycles. The molecule has 118 valence electrons. The van der Waals surface area contributed by atoms with Crippen LogP contribution in [0.3, 0.4) is 0 Å². The van der Waals surface area contributed by atoms with Crippen molar-refractivity contribution in [3.05, 3.63) is 35.9 Å². The summed E-state index contributed by atoms with van der Waals surface area (Å²) in [4.78, 5) is 37.9. The van der Waals surface area contributed by atoms with Crippen LogP contribution in [0, 0.1) is 5.92 Å². The summed E-state index contributed by atoms with van der Waals surface area (Å²) >= 11 is 0. The smallest absolute Gasteiger partial charge is 0.323 e. The number of nitrogens with zero attached hydrogens (tertiary/aromatic N) is 2. The van der Waals surface area contributed by atoms with Gasteiger partial charge in [0.1, 0.15) is 6.54 Å². The third-order valence-electron chi connectivity index (χ3n) is 3.84. The summed E-state index contributed by atoms with van der Waals surface area (Å²) in [6.07, 6.45) is 0.757. The molecule has 6 heteroatoms. The van der Waals surface area contributed by atoms with Crippen LogP contribution in [0.1, 0.15) is 12.0 Å². The third kappa shape index (κ3) is 4.07. The molecule has 1 fully saturated rings. The monoisotopic (exact) mass is 304 g/mol. The van der Waals surface area contributed by atoms with Crippen molar-refractivity contribution in [3.8, 4) is 0 Å². The van der Waals surface area contributed by atoms with Crippen molar-refractivity contribution >= 4 is 17.8 Å². The molecule has 1 aromatic rings. The number of hydrogen-bond donors (Lipinski definition) is 1. The molecule has 0 spiro atoms. The molecule has 2 amide bonds. The lowest BCUT2D eigenvalue weighted by molar-refractivity contribution is -0.146. The Morgan fingerprint density at radius 2 is 2.00 bits per heavy atom. The van der Waals surface area contributed by atoms with E-state index in [4.69, 9.17) is 5.11 Å². The van der Waals surface area contributed by atoms with Crippen LogP contribution in [0.5, 0.6) is 0 Å². The standard InChI is InChI=1S/C16H20N2O4/c1-17-10-13(9-14(17)19)16(22)18(11-15(20)21)8-7-12-5-3-2-4-6-12/h2-6,13H,7-11H2,1H3,(H,20,21). The average molecular weight is 304 g/mol. The number of carbonyl (C=O) groups is 3. The van der Waals surface area contributed by atoms with Crippen LogP contribution in [0.4, 0.5) is 0 Å². The van der Waals surface area contributed by atoms with Crippen molar-refractivity contribution < 1.29 is 19.5 Å². The molecule has 1 atom stereocenters. The number of aliphatic carboxylic acids is 1. The van der Waals surface area contributed by atoms with Gasteiger partial charge in [0.2, 0.25) is 11.8 Å². The summed E-state index contributed by atoms with van der Waals surface area (Å²) in [6.45, 7) is 0.364. The normalized spacial score (nSPS) is 17.6. The molecule has 1 aliphatic rings. The minimum atomic E-state index is -1.04. The van der Waals surface area contributed by atoms with Crippen LogP contribution in [-0.4, -0.2) is 59.4 Å². The quantitative estimate of drug-likeness (QED) is 0.836. The lowest BCUT2D eigenvalue weighted by Gasteiger charge is -2.23. The first-order valence-electron chi connectivity index (χ1n) is 7.26. The van der Waals surface area contributed by atoms with Crippen molar-refractivity contribution in [1.29, 1.82) is 0 Å². The summed E-state index contributed by atoms with van der Waals surface area (Å²) < 4.78 is 0. The lowest BCUT2D eigenvalue weighted by Crippen LogP contribution is -2.41. The number of carboxylic acids is 1. The van der Waals surface area contributed by atoms with Gasteiger partial charge in [0.15, 0.2) is 0 Å². The Morgan fingerprint density at radius 1 is 1.32 bits per heavy atom. The first-order valence-corrected chi connectivity index (χ1v) is 7.26. The number of amides is 2. The first-order chi connectivity index (χ1) is 10.5. The summed E-state index contributed by atoms with van der Waals surface area (Å²) in [7, 11) is 1.65. The number of hydrogen-bond acceptors (Lipinski definition) is 3. The van der Waals surface area contributed by atoms with Gasteiger partial charge in [-0.25, -0.2) is 0 Å². The number of carboxylic acid groups (broad SMARTS) is 1. The van der Waals surface area contributed by atoms with E-state index in [2.05, 4.69) is 0 Å². The van der Waals surface area contributed by atoms with Gasteiger partial charge < -0.3 is 14.9 Å². The van der Waals surface area contributed by atoms with Crippen molar-refractivity contribution in [1.82, 2.24) is 9.80 Å². The topological polar surface area (TPSA) is 77.9 Å². The summed E-state index contributed by atoms with van der Waals surface area (Å²) in [6, 6.07) is 9.60. The van der Waals surface area contributed by atoms with Gasteiger partial charge in [0.05, 0.1) is 5.92 Å². The number of rotatable bonds is 6. The summed E-state index contributed by atoms with van der Waals surface area (Å²) in [5.41, 5.74) is 1.05. The zero-order chi connectivity index (χ0) is 16.1. The Bertz CT molecular complexity index is 559. The fourth-order valence-electron chi connectivity index (χ4n) is 2.63. The zero-order valence-corrected chi connectivity index (χ0v) is 12.6. The largest absolute Gasteiger partial charge is 0.480 e. The van der Waals surface area contributed by atoms with Crippen LogP contribution < -0.4 is 0 Å². The van der Waals surface area contributed by atoms with Gasteiger partial charge in [-0.15, -0.1) is 0 Å². The maximum atomic E-state index is 12.5. The van der Waals surface area contributed by atoms with Gasteiger partial charge in [0, 0.05) is 26.6 Å². The molecule has 1 heterocycles. The maximum Gasteiger partial charge on any atom is 0.323 e. The highest BCUT2D eigenvalue weighted by atomic mass is 16.4. The van der Waals surface area contributed by atoms with Gasteiger partial charge in [-0.2, -0.15) is 0 Å². The fraction of sp³-hybridized carbons (Fsp3) is 0.438. The van der Waals surface area contributed by atoms with E-state index in [1.54, 1.807) is 7.05 Å². The molecule has 0 radical (unpaired) electrons. The number of benzene rings is 1. The van der Waals surface area contributed by atoms with E-state index in [0.29, 0.717) is 19.5 Å². The Labute approximate surface area is 129 Å². The Balaban J connectivity index is 2.00. The molecule has 1 aliphatic heterocycles. The van der Waals surface area contributed by atoms with E-state index in [0.717, 1.165) is 5.56 Å². The fourth-order valence-corrected chi connectivity index (χ4v) is 2.63. The molecule has 1 unspecified atom stereocenters. The molecule has 0 aromatic heterocycles. The second kappa shape index (κ2) is 7.06. The minimum Gasteiger partial charge on any atom is -0.480 e. The number of carbonyl (C=O) groups excluding carboxylic acids is 2. The predicted octanol–water partition coefficient (Wildman–Crippen LogP) is 0.621. The van der Waals surface area contributed by atoms with Gasteiger partial charge in [-0.05, 0) is 12.0 Å². The molecule has 2 rings (SSSR count). The maximum absolute atomic E-state index is 12.5. The number of likely N-dealkylation sites (tertiary alicyclic amines) is 1. The molecule has 6 nitrogen and oxygen atoms in total. The minimum absolute atomic E-state index is 0.0725. The van der Waals surface area contributed by atoms with Gasteiger partial charge in [-0.3, -0.25) is 14.4 Å². The SMILES string of the molecule is CN1CC(C(=O)N(CCc2ccccc2)CC(=O)O)CC1=O. The Morgan fingerprint density at radius 3 is 2.55 bits per heavy atom. The van der Waals surface area contributed by atoms with Crippen LogP contribution in [-0.2, 0) is 20.8 Å². The molecule has 1 N–H and O–H groups in total. The highest BCUT2D eigenvalue weighted by molar-refractivity contribution is 5.90. The van der Waals surface area contributed by atoms with Crippen LogP contribution in [0.2, 0.25) is 0 Å². The van der Waals surface area contributed by atoms with Crippen molar-refractivity contribution in [2.45, 2.75) is 12.8 Å². The third-order valence-corrected chi connectivity index (χ3v) is 3.84. The van der Waals surface area contributed by atoms with E-state index in [-0.39, 0.29) is 24.8 Å². The first kappa shape index (κ1) is 16.0. The molecule has 0 bridgehead atoms. The predicted molar refractivity (Wildman–Crippen MR) is 80.1 cm³/mol. The van der Waals surface area contributed by atoms with Crippen LogP contribution in [0.25, 0.3) is 0 Å². The summed E-state index contributed by atoms with van der Waals surface area (Å²) in [5, 5.41) is 9.01. The van der Waals surface area contributed by atoms with Crippen molar-refractivity contribution in [2.75, 3.05) is 26.7 Å². The molecule has 22 heavy (non-hydrogen) atoms. The van der Waals surface area contributed by atoms with Gasteiger partial charge in [-0.1, -0.05) is 30.3 Å². The highest BCUT2D eigenvalue weighted by Crippen LogP contribution is 2.19.